The van der Waals surface area contributed by atoms with Gasteiger partial charge in [-0.05, 0) is 12.1 Å². The van der Waals surface area contributed by atoms with E-state index >= 15 is 0 Å². The summed E-state index contributed by atoms with van der Waals surface area (Å²) in [6, 6.07) is 4.13. The molecule has 142 valence electrons. The van der Waals surface area contributed by atoms with Gasteiger partial charge in [0.15, 0.2) is 11.9 Å². The normalized spacial score (nSPS) is 25.4. The van der Waals surface area contributed by atoms with E-state index in [1.807, 2.05) is 0 Å². The first-order valence-electron chi connectivity index (χ1n) is 7.99. The van der Waals surface area contributed by atoms with Crippen LogP contribution in [0.25, 0.3) is 22.3 Å². The van der Waals surface area contributed by atoms with E-state index in [4.69, 9.17) is 22.1 Å². The quantitative estimate of drug-likeness (QED) is 0.502. The molecule has 0 aliphatic carbocycles. The Morgan fingerprint density at radius 2 is 2.04 bits per heavy atom. The van der Waals surface area contributed by atoms with Gasteiger partial charge in [0.1, 0.15) is 42.0 Å². The Bertz CT molecular complexity index is 1020. The van der Waals surface area contributed by atoms with E-state index in [2.05, 4.69) is 15.1 Å². The van der Waals surface area contributed by atoms with Gasteiger partial charge >= 0.3 is 0 Å². The minimum Gasteiger partial charge on any atom is -0.394 e. The van der Waals surface area contributed by atoms with Crippen molar-refractivity contribution in [1.29, 1.82) is 0 Å². The van der Waals surface area contributed by atoms with Crippen LogP contribution >= 0.6 is 11.6 Å². The third kappa shape index (κ3) is 2.82. The van der Waals surface area contributed by atoms with Crippen LogP contribution in [-0.2, 0) is 4.74 Å². The fourth-order valence-electron chi connectivity index (χ4n) is 3.10. The molecule has 11 heteroatoms. The second kappa shape index (κ2) is 6.66. The predicted octanol–water partition coefficient (Wildman–Crippen LogP) is 0.479. The summed E-state index contributed by atoms with van der Waals surface area (Å²) < 4.78 is 20.7. The summed E-state index contributed by atoms with van der Waals surface area (Å²) in [6.45, 7) is -0.486. The minimum absolute atomic E-state index is 0.0461. The Kier molecular flexibility index (Phi) is 4.44. The zero-order valence-corrected chi connectivity index (χ0v) is 14.5. The third-order valence-electron chi connectivity index (χ3n) is 4.47. The molecule has 1 saturated heterocycles. The number of ether oxygens (including phenoxy) is 1. The molecule has 0 radical (unpaired) electrons. The number of rotatable bonds is 3. The van der Waals surface area contributed by atoms with Gasteiger partial charge in [-0.1, -0.05) is 17.7 Å². The highest BCUT2D eigenvalue weighted by atomic mass is 35.5. The number of anilines is 1. The summed E-state index contributed by atoms with van der Waals surface area (Å²) in [5, 5.41) is 34.3. The van der Waals surface area contributed by atoms with Crippen LogP contribution in [-0.4, -0.2) is 60.0 Å². The van der Waals surface area contributed by atoms with Crippen LogP contribution in [0.15, 0.2) is 24.5 Å². The first-order valence-corrected chi connectivity index (χ1v) is 8.36. The Balaban J connectivity index is 1.91. The SMILES string of the molecule is Nc1ncnc2c1c(-c1ccc(Cl)c(F)c1)nn2[C@@H]1O[C@H](CO)[C@@H](O)[C@H]1O. The first kappa shape index (κ1) is 18.0. The number of halogens is 2. The molecule has 1 aliphatic rings. The minimum atomic E-state index is -1.36. The average molecular weight is 396 g/mol. The molecular formula is C16H15ClFN5O4. The van der Waals surface area contributed by atoms with Gasteiger partial charge in [0.25, 0.3) is 0 Å². The second-order valence-electron chi connectivity index (χ2n) is 6.11. The average Bonchev–Trinajstić information content (AvgIpc) is 3.17. The summed E-state index contributed by atoms with van der Waals surface area (Å²) in [4.78, 5) is 8.08. The molecule has 3 heterocycles. The van der Waals surface area contributed by atoms with Gasteiger partial charge < -0.3 is 25.8 Å². The Labute approximate surface area is 156 Å². The number of aliphatic hydroxyl groups is 3. The van der Waals surface area contributed by atoms with Crippen LogP contribution in [0, 0.1) is 5.82 Å². The number of fused-ring (bicyclic) bond motifs is 1. The smallest absolute Gasteiger partial charge is 0.181 e. The van der Waals surface area contributed by atoms with Crippen molar-refractivity contribution in [2.75, 3.05) is 12.3 Å². The van der Waals surface area contributed by atoms with Crippen molar-refractivity contribution in [2.24, 2.45) is 0 Å². The first-order chi connectivity index (χ1) is 12.9. The topological polar surface area (TPSA) is 140 Å². The van der Waals surface area contributed by atoms with Gasteiger partial charge in [0.05, 0.1) is 17.0 Å². The molecule has 5 N–H and O–H groups in total. The largest absolute Gasteiger partial charge is 0.394 e. The molecule has 4 atom stereocenters. The van der Waals surface area contributed by atoms with Gasteiger partial charge in [-0.2, -0.15) is 5.10 Å². The number of aliphatic hydroxyl groups excluding tert-OH is 3. The number of benzene rings is 1. The highest BCUT2D eigenvalue weighted by molar-refractivity contribution is 6.30. The van der Waals surface area contributed by atoms with Crippen LogP contribution in [0.4, 0.5) is 10.2 Å². The molecule has 1 aliphatic heterocycles. The Morgan fingerprint density at radius 1 is 1.26 bits per heavy atom. The molecular weight excluding hydrogens is 381 g/mol. The fourth-order valence-corrected chi connectivity index (χ4v) is 3.22. The van der Waals surface area contributed by atoms with Crippen molar-refractivity contribution in [3.63, 3.8) is 0 Å². The monoisotopic (exact) mass is 395 g/mol. The van der Waals surface area contributed by atoms with Crippen molar-refractivity contribution >= 4 is 28.5 Å². The lowest BCUT2D eigenvalue weighted by atomic mass is 10.1. The van der Waals surface area contributed by atoms with Gasteiger partial charge in [-0.3, -0.25) is 0 Å². The Morgan fingerprint density at radius 3 is 2.70 bits per heavy atom. The van der Waals surface area contributed by atoms with E-state index in [0.29, 0.717) is 10.9 Å². The predicted molar refractivity (Wildman–Crippen MR) is 93.1 cm³/mol. The molecule has 1 fully saturated rings. The van der Waals surface area contributed by atoms with Crippen molar-refractivity contribution in [3.05, 3.63) is 35.4 Å². The summed E-state index contributed by atoms with van der Waals surface area (Å²) in [7, 11) is 0. The highest BCUT2D eigenvalue weighted by Crippen LogP contribution is 2.36. The zero-order valence-electron chi connectivity index (χ0n) is 13.7. The lowest BCUT2D eigenvalue weighted by molar-refractivity contribution is -0.0565. The number of hydrogen-bond acceptors (Lipinski definition) is 8. The fraction of sp³-hybridized carbons (Fsp3) is 0.312. The van der Waals surface area contributed by atoms with E-state index in [1.165, 1.54) is 23.1 Å². The molecule has 0 unspecified atom stereocenters. The van der Waals surface area contributed by atoms with Gasteiger partial charge in [-0.25, -0.2) is 19.0 Å². The summed E-state index contributed by atoms with van der Waals surface area (Å²) in [5.74, 6) is -0.538. The van der Waals surface area contributed by atoms with Crippen LogP contribution in [0.2, 0.25) is 5.02 Å². The Hall–Kier alpha value is -2.37. The number of nitrogens with two attached hydrogens (primary N) is 1. The lowest BCUT2D eigenvalue weighted by Crippen LogP contribution is -2.33. The van der Waals surface area contributed by atoms with Crippen molar-refractivity contribution in [2.45, 2.75) is 24.5 Å². The number of nitrogens with zero attached hydrogens (tertiary/aromatic N) is 4. The highest BCUT2D eigenvalue weighted by Gasteiger charge is 2.44. The molecule has 9 nitrogen and oxygen atoms in total. The number of hydrogen-bond donors (Lipinski definition) is 4. The summed E-state index contributed by atoms with van der Waals surface area (Å²) >= 11 is 5.74. The van der Waals surface area contributed by atoms with E-state index in [0.717, 1.165) is 0 Å². The third-order valence-corrected chi connectivity index (χ3v) is 4.78. The standard InChI is InChI=1S/C16H15ClFN5O4/c17-7-2-1-6(3-8(7)18)11-10-14(19)20-5-21-15(10)23(22-11)16-13(26)12(25)9(4-24)27-16/h1-3,5,9,12-13,16,24-26H,4H2,(H2,19,20,21)/t9-,12-,13-,16-/m1/s1. The van der Waals surface area contributed by atoms with E-state index in [1.54, 1.807) is 6.07 Å². The molecule has 1 aromatic carbocycles. The van der Waals surface area contributed by atoms with Crippen LogP contribution in [0.5, 0.6) is 0 Å². The lowest BCUT2D eigenvalue weighted by Gasteiger charge is -2.15. The molecule has 0 saturated carbocycles. The molecule has 0 amide bonds. The van der Waals surface area contributed by atoms with Gasteiger partial charge in [0.2, 0.25) is 0 Å². The molecule has 2 aromatic heterocycles. The summed E-state index contributed by atoms with van der Waals surface area (Å²) in [6.07, 6.45) is -3.57. The molecule has 27 heavy (non-hydrogen) atoms. The molecule has 0 spiro atoms. The zero-order chi connectivity index (χ0) is 19.3. The molecule has 4 rings (SSSR count). The van der Waals surface area contributed by atoms with E-state index in [9.17, 15) is 19.7 Å². The van der Waals surface area contributed by atoms with Gasteiger partial charge in [-0.15, -0.1) is 0 Å². The number of aromatic nitrogens is 4. The van der Waals surface area contributed by atoms with E-state index in [-0.39, 0.29) is 22.2 Å². The van der Waals surface area contributed by atoms with Crippen LogP contribution < -0.4 is 5.73 Å². The maximum atomic E-state index is 13.9. The van der Waals surface area contributed by atoms with E-state index < -0.39 is 37.0 Å². The molecule has 3 aromatic rings. The van der Waals surface area contributed by atoms with Crippen LogP contribution in [0.3, 0.4) is 0 Å². The maximum absolute atomic E-state index is 13.9. The number of nitrogen functional groups attached to an aromatic ring is 1. The van der Waals surface area contributed by atoms with Crippen molar-refractivity contribution < 1.29 is 24.4 Å². The maximum Gasteiger partial charge on any atom is 0.181 e. The molecule has 0 bridgehead atoms. The second-order valence-corrected chi connectivity index (χ2v) is 6.52. The summed E-state index contributed by atoms with van der Waals surface area (Å²) in [5.41, 5.74) is 6.83. The van der Waals surface area contributed by atoms with Gasteiger partial charge in [0, 0.05) is 5.56 Å². The van der Waals surface area contributed by atoms with Crippen molar-refractivity contribution in [3.8, 4) is 11.3 Å². The van der Waals surface area contributed by atoms with Crippen LogP contribution in [0.1, 0.15) is 6.23 Å². The van der Waals surface area contributed by atoms with Crippen molar-refractivity contribution in [1.82, 2.24) is 19.7 Å².